The Kier molecular flexibility index (Phi) is 1.48. The fraction of sp³-hybridized carbons (Fsp3) is 1.00. The van der Waals surface area contributed by atoms with Gasteiger partial charge in [-0.3, -0.25) is 0 Å². The molecule has 3 fully saturated rings. The standard InChI is InChI=1S/C9H17N/c1-6-2-9(5-10)8-3-7(6)4-8/h6-9H,2-5,10H2,1H3/t6?,7?,8?,9-/m1/s1. The summed E-state index contributed by atoms with van der Waals surface area (Å²) in [4.78, 5) is 0. The fourth-order valence-corrected chi connectivity index (χ4v) is 2.71. The predicted molar refractivity (Wildman–Crippen MR) is 42.5 cm³/mol. The van der Waals surface area contributed by atoms with Crippen LogP contribution in [0.15, 0.2) is 0 Å². The summed E-state index contributed by atoms with van der Waals surface area (Å²) in [6.07, 6.45) is 4.39. The summed E-state index contributed by atoms with van der Waals surface area (Å²) >= 11 is 0. The zero-order valence-electron chi connectivity index (χ0n) is 6.72. The van der Waals surface area contributed by atoms with Crippen LogP contribution in [-0.2, 0) is 0 Å². The molecule has 3 rings (SSSR count). The van der Waals surface area contributed by atoms with Crippen LogP contribution in [0.25, 0.3) is 0 Å². The van der Waals surface area contributed by atoms with Crippen molar-refractivity contribution >= 4 is 0 Å². The predicted octanol–water partition coefficient (Wildman–Crippen LogP) is 1.63. The Labute approximate surface area is 63.0 Å². The third-order valence-electron chi connectivity index (χ3n) is 3.66. The van der Waals surface area contributed by atoms with Crippen LogP contribution in [-0.4, -0.2) is 6.54 Å². The maximum Gasteiger partial charge on any atom is -0.00461 e. The molecule has 1 heteroatoms. The summed E-state index contributed by atoms with van der Waals surface area (Å²) in [6.45, 7) is 3.32. The Morgan fingerprint density at radius 1 is 1.20 bits per heavy atom. The van der Waals surface area contributed by atoms with E-state index < -0.39 is 0 Å². The number of nitrogens with two attached hydrogens (primary N) is 1. The first-order valence-corrected chi connectivity index (χ1v) is 4.51. The van der Waals surface area contributed by atoms with Crippen LogP contribution in [0, 0.1) is 23.7 Å². The highest BCUT2D eigenvalue weighted by Gasteiger charge is 2.42. The first-order valence-electron chi connectivity index (χ1n) is 4.51. The van der Waals surface area contributed by atoms with Gasteiger partial charge in [-0.2, -0.15) is 0 Å². The van der Waals surface area contributed by atoms with E-state index in [2.05, 4.69) is 6.92 Å². The van der Waals surface area contributed by atoms with E-state index in [4.69, 9.17) is 5.73 Å². The molecule has 0 saturated heterocycles. The van der Waals surface area contributed by atoms with Crippen LogP contribution in [0.4, 0.5) is 0 Å². The molecule has 1 unspecified atom stereocenters. The van der Waals surface area contributed by atoms with Crippen LogP contribution in [0.3, 0.4) is 0 Å². The molecule has 58 valence electrons. The minimum absolute atomic E-state index is 0.875. The molecule has 10 heavy (non-hydrogen) atoms. The van der Waals surface area contributed by atoms with Crippen molar-refractivity contribution in [2.75, 3.05) is 6.54 Å². The molecule has 0 spiro atoms. The average molecular weight is 139 g/mol. The second kappa shape index (κ2) is 2.23. The largest absolute Gasteiger partial charge is 0.330 e. The van der Waals surface area contributed by atoms with Gasteiger partial charge in [0.15, 0.2) is 0 Å². The molecule has 0 amide bonds. The van der Waals surface area contributed by atoms with Crippen LogP contribution in [0.2, 0.25) is 0 Å². The molecule has 0 aromatic carbocycles. The molecule has 2 N–H and O–H groups in total. The molecule has 2 atom stereocenters. The topological polar surface area (TPSA) is 26.0 Å². The Morgan fingerprint density at radius 2 is 1.90 bits per heavy atom. The van der Waals surface area contributed by atoms with Gasteiger partial charge < -0.3 is 5.73 Å². The third-order valence-corrected chi connectivity index (χ3v) is 3.66. The highest BCUT2D eigenvalue weighted by atomic mass is 14.6. The molecule has 3 saturated carbocycles. The van der Waals surface area contributed by atoms with Gasteiger partial charge in [0.05, 0.1) is 0 Å². The molecular formula is C9H17N. The zero-order valence-corrected chi connectivity index (χ0v) is 6.72. The van der Waals surface area contributed by atoms with Crippen LogP contribution in [0.5, 0.6) is 0 Å². The van der Waals surface area contributed by atoms with Crippen molar-refractivity contribution in [3.63, 3.8) is 0 Å². The quantitative estimate of drug-likeness (QED) is 0.587. The van der Waals surface area contributed by atoms with Crippen LogP contribution >= 0.6 is 0 Å². The second-order valence-electron chi connectivity index (χ2n) is 4.20. The van der Waals surface area contributed by atoms with E-state index in [1.165, 1.54) is 19.3 Å². The summed E-state index contributed by atoms with van der Waals surface area (Å²) in [5.41, 5.74) is 5.68. The zero-order chi connectivity index (χ0) is 7.14. The molecule has 1 nitrogen and oxygen atoms in total. The van der Waals surface area contributed by atoms with Gasteiger partial charge in [-0.1, -0.05) is 6.92 Å². The van der Waals surface area contributed by atoms with Gasteiger partial charge in [0, 0.05) is 0 Å². The van der Waals surface area contributed by atoms with E-state index in [0.29, 0.717) is 0 Å². The molecule has 2 bridgehead atoms. The van der Waals surface area contributed by atoms with Crippen LogP contribution < -0.4 is 5.73 Å². The highest BCUT2D eigenvalue weighted by Crippen LogP contribution is 2.51. The summed E-state index contributed by atoms with van der Waals surface area (Å²) < 4.78 is 0. The third kappa shape index (κ3) is 0.800. The van der Waals surface area contributed by atoms with Crippen molar-refractivity contribution in [2.45, 2.75) is 26.2 Å². The van der Waals surface area contributed by atoms with Gasteiger partial charge >= 0.3 is 0 Å². The van der Waals surface area contributed by atoms with E-state index in [-0.39, 0.29) is 0 Å². The minimum Gasteiger partial charge on any atom is -0.330 e. The van der Waals surface area contributed by atoms with E-state index in [0.717, 1.165) is 30.2 Å². The van der Waals surface area contributed by atoms with E-state index in [1.807, 2.05) is 0 Å². The number of fused-ring (bicyclic) bond motifs is 2. The summed E-state index contributed by atoms with van der Waals surface area (Å²) in [7, 11) is 0. The van der Waals surface area contributed by atoms with E-state index in [1.54, 1.807) is 0 Å². The lowest BCUT2D eigenvalue weighted by molar-refractivity contribution is 0.00659. The molecular weight excluding hydrogens is 122 g/mol. The molecule has 0 aromatic rings. The summed E-state index contributed by atoms with van der Waals surface area (Å²) in [5.74, 6) is 3.94. The monoisotopic (exact) mass is 139 g/mol. The van der Waals surface area contributed by atoms with Gasteiger partial charge in [-0.25, -0.2) is 0 Å². The molecule has 0 heterocycles. The van der Waals surface area contributed by atoms with E-state index in [9.17, 15) is 0 Å². The smallest absolute Gasteiger partial charge is 0.00461 e. The first kappa shape index (κ1) is 6.66. The number of hydrogen-bond acceptors (Lipinski definition) is 1. The van der Waals surface area contributed by atoms with Gasteiger partial charge in [0.25, 0.3) is 0 Å². The van der Waals surface area contributed by atoms with Gasteiger partial charge in [-0.15, -0.1) is 0 Å². The van der Waals surface area contributed by atoms with Gasteiger partial charge in [0.2, 0.25) is 0 Å². The highest BCUT2D eigenvalue weighted by molar-refractivity contribution is 4.93. The Balaban J connectivity index is 1.99. The van der Waals surface area contributed by atoms with Crippen molar-refractivity contribution in [3.8, 4) is 0 Å². The van der Waals surface area contributed by atoms with Gasteiger partial charge in [0.1, 0.15) is 0 Å². The Morgan fingerprint density at radius 3 is 2.30 bits per heavy atom. The van der Waals surface area contributed by atoms with Crippen molar-refractivity contribution < 1.29 is 0 Å². The average Bonchev–Trinajstić information content (AvgIpc) is 1.84. The fourth-order valence-electron chi connectivity index (χ4n) is 2.71. The molecule has 3 aliphatic rings. The van der Waals surface area contributed by atoms with E-state index >= 15 is 0 Å². The second-order valence-corrected chi connectivity index (χ2v) is 4.20. The Hall–Kier alpha value is -0.0400. The minimum atomic E-state index is 0.875. The van der Waals surface area contributed by atoms with Crippen LogP contribution in [0.1, 0.15) is 26.2 Å². The first-order chi connectivity index (χ1) is 4.81. The van der Waals surface area contributed by atoms with Crippen molar-refractivity contribution in [2.24, 2.45) is 29.4 Å². The number of rotatable bonds is 1. The number of hydrogen-bond donors (Lipinski definition) is 1. The molecule has 0 aromatic heterocycles. The van der Waals surface area contributed by atoms with Crippen molar-refractivity contribution in [1.82, 2.24) is 0 Å². The summed E-state index contributed by atoms with van der Waals surface area (Å²) in [6, 6.07) is 0. The lowest BCUT2D eigenvalue weighted by atomic mass is 9.56. The maximum absolute atomic E-state index is 5.68. The van der Waals surface area contributed by atoms with Crippen molar-refractivity contribution in [1.29, 1.82) is 0 Å². The SMILES string of the molecule is CC1C[C@H](CN)C2CC1C2. The van der Waals surface area contributed by atoms with Crippen molar-refractivity contribution in [3.05, 3.63) is 0 Å². The lowest BCUT2D eigenvalue weighted by Crippen LogP contribution is -2.43. The van der Waals surface area contributed by atoms with Gasteiger partial charge in [-0.05, 0) is 49.5 Å². The molecule has 0 radical (unpaired) electrons. The molecule has 0 aliphatic heterocycles. The maximum atomic E-state index is 5.68. The summed E-state index contributed by atoms with van der Waals surface area (Å²) in [5, 5.41) is 0. The Bertz CT molecular complexity index is 127. The lowest BCUT2D eigenvalue weighted by Gasteiger charge is -2.50. The normalized spacial score (nSPS) is 52.2. The molecule has 3 aliphatic carbocycles.